The van der Waals surface area contributed by atoms with Crippen molar-refractivity contribution in [3.63, 3.8) is 0 Å². The van der Waals surface area contributed by atoms with Crippen LogP contribution >= 0.6 is 12.4 Å². The summed E-state index contributed by atoms with van der Waals surface area (Å²) in [5.41, 5.74) is 6.48. The summed E-state index contributed by atoms with van der Waals surface area (Å²) in [6, 6.07) is 9.10. The van der Waals surface area contributed by atoms with Gasteiger partial charge in [-0.3, -0.25) is 9.59 Å². The lowest BCUT2D eigenvalue weighted by Crippen LogP contribution is -2.46. The fourth-order valence-electron chi connectivity index (χ4n) is 2.67. The lowest BCUT2D eigenvalue weighted by molar-refractivity contribution is 0.0707. The van der Waals surface area contributed by atoms with E-state index in [2.05, 4.69) is 4.98 Å². The minimum atomic E-state index is -0.340. The first kappa shape index (κ1) is 15.5. The normalized spacial score (nSPS) is 18.3. The van der Waals surface area contributed by atoms with E-state index in [9.17, 15) is 9.59 Å². The maximum absolute atomic E-state index is 12.5. The number of hydrogen-bond acceptors (Lipinski definition) is 3. The van der Waals surface area contributed by atoms with Crippen LogP contribution in [0, 0.1) is 0 Å². The summed E-state index contributed by atoms with van der Waals surface area (Å²) in [6.45, 7) is 1.18. The highest BCUT2D eigenvalue weighted by Gasteiger charge is 2.24. The minimum Gasteiger partial charge on any atom is -0.337 e. The Labute approximate surface area is 128 Å². The van der Waals surface area contributed by atoms with Crippen LogP contribution in [0.3, 0.4) is 0 Å². The van der Waals surface area contributed by atoms with Crippen LogP contribution in [-0.2, 0) is 0 Å². The van der Waals surface area contributed by atoms with E-state index >= 15 is 0 Å². The molecule has 1 saturated heterocycles. The van der Waals surface area contributed by atoms with Gasteiger partial charge in [0.15, 0.2) is 0 Å². The maximum atomic E-state index is 12.5. The van der Waals surface area contributed by atoms with Crippen molar-refractivity contribution < 1.29 is 4.79 Å². The molecule has 0 saturated carbocycles. The largest absolute Gasteiger partial charge is 0.337 e. The van der Waals surface area contributed by atoms with Crippen molar-refractivity contribution in [2.45, 2.75) is 18.9 Å². The van der Waals surface area contributed by atoms with E-state index in [1.54, 1.807) is 11.0 Å². The smallest absolute Gasteiger partial charge is 0.261 e. The third-order valence-corrected chi connectivity index (χ3v) is 3.73. The lowest BCUT2D eigenvalue weighted by Gasteiger charge is -2.30. The summed E-state index contributed by atoms with van der Waals surface area (Å²) >= 11 is 0. The topological polar surface area (TPSA) is 79.2 Å². The zero-order valence-corrected chi connectivity index (χ0v) is 12.4. The highest BCUT2D eigenvalue weighted by Crippen LogP contribution is 2.14. The van der Waals surface area contributed by atoms with Crippen LogP contribution in [0.4, 0.5) is 0 Å². The molecule has 3 rings (SSSR count). The molecule has 0 bridgehead atoms. The number of carbonyl (C=O) groups excluding carboxylic acids is 1. The minimum absolute atomic E-state index is 0. The number of hydrogen-bond donors (Lipinski definition) is 2. The molecule has 2 heterocycles. The number of likely N-dealkylation sites (tertiary alicyclic amines) is 1. The maximum Gasteiger partial charge on any atom is 0.261 e. The highest BCUT2D eigenvalue weighted by atomic mass is 35.5. The quantitative estimate of drug-likeness (QED) is 0.838. The molecule has 112 valence electrons. The van der Waals surface area contributed by atoms with Crippen LogP contribution in [0.1, 0.15) is 23.2 Å². The number of benzene rings is 1. The molecule has 6 heteroatoms. The van der Waals surface area contributed by atoms with Crippen molar-refractivity contribution in [2.24, 2.45) is 5.73 Å². The monoisotopic (exact) mass is 307 g/mol. The zero-order chi connectivity index (χ0) is 14.1. The molecule has 0 aliphatic carbocycles. The van der Waals surface area contributed by atoms with E-state index in [1.807, 2.05) is 24.3 Å². The number of nitrogens with zero attached hydrogens (tertiary/aromatic N) is 1. The van der Waals surface area contributed by atoms with E-state index in [-0.39, 0.29) is 35.5 Å². The van der Waals surface area contributed by atoms with Crippen LogP contribution in [-0.4, -0.2) is 34.9 Å². The molecular weight excluding hydrogens is 290 g/mol. The van der Waals surface area contributed by atoms with Gasteiger partial charge in [0.25, 0.3) is 11.5 Å². The van der Waals surface area contributed by atoms with Crippen LogP contribution < -0.4 is 11.3 Å². The molecule has 1 atom stereocenters. The number of halogens is 1. The average Bonchev–Trinajstić information content (AvgIpc) is 2.46. The van der Waals surface area contributed by atoms with Gasteiger partial charge in [-0.25, -0.2) is 0 Å². The summed E-state index contributed by atoms with van der Waals surface area (Å²) in [6.07, 6.45) is 1.82. The Hall–Kier alpha value is -1.85. The Morgan fingerprint density at radius 3 is 2.86 bits per heavy atom. The van der Waals surface area contributed by atoms with Crippen LogP contribution in [0.15, 0.2) is 35.1 Å². The molecule has 1 fully saturated rings. The Kier molecular flexibility index (Phi) is 4.65. The number of rotatable bonds is 1. The second kappa shape index (κ2) is 6.28. The summed E-state index contributed by atoms with van der Waals surface area (Å²) < 4.78 is 0. The second-order valence-corrected chi connectivity index (χ2v) is 5.25. The molecule has 1 aromatic heterocycles. The molecule has 2 aromatic rings. The molecular formula is C15H18ClN3O2. The van der Waals surface area contributed by atoms with E-state index < -0.39 is 0 Å². The molecule has 1 aliphatic rings. The van der Waals surface area contributed by atoms with Gasteiger partial charge in [0.05, 0.1) is 0 Å². The number of H-pyrrole nitrogens is 1. The predicted octanol–water partition coefficient (Wildman–Crippen LogP) is 1.51. The number of fused-ring (bicyclic) bond motifs is 1. The van der Waals surface area contributed by atoms with Crippen molar-refractivity contribution in [2.75, 3.05) is 13.1 Å². The van der Waals surface area contributed by atoms with Crippen LogP contribution in [0.2, 0.25) is 0 Å². The zero-order valence-electron chi connectivity index (χ0n) is 11.5. The number of nitrogens with one attached hydrogen (secondary N) is 1. The Morgan fingerprint density at radius 2 is 2.10 bits per heavy atom. The predicted molar refractivity (Wildman–Crippen MR) is 84.9 cm³/mol. The molecule has 1 aromatic carbocycles. The van der Waals surface area contributed by atoms with Gasteiger partial charge >= 0.3 is 0 Å². The number of aromatic amines is 1. The van der Waals surface area contributed by atoms with E-state index in [4.69, 9.17) is 5.73 Å². The van der Waals surface area contributed by atoms with Crippen molar-refractivity contribution >= 4 is 29.2 Å². The van der Waals surface area contributed by atoms with Gasteiger partial charge in [0.2, 0.25) is 0 Å². The second-order valence-electron chi connectivity index (χ2n) is 5.25. The summed E-state index contributed by atoms with van der Waals surface area (Å²) in [5.74, 6) is -0.229. The number of nitrogens with two attached hydrogens (primary N) is 1. The molecule has 3 N–H and O–H groups in total. The summed E-state index contributed by atoms with van der Waals surface area (Å²) in [7, 11) is 0. The van der Waals surface area contributed by atoms with Crippen molar-refractivity contribution in [3.8, 4) is 0 Å². The standard InChI is InChI=1S/C15H17N3O2.ClH/c16-11-5-3-7-18(9-11)15(20)12-8-10-4-1-2-6-13(10)17-14(12)19;/h1-2,4,6,8,11H,3,5,7,9,16H2,(H,17,19);1H. The van der Waals surface area contributed by atoms with Crippen LogP contribution in [0.5, 0.6) is 0 Å². The van der Waals surface area contributed by atoms with Gasteiger partial charge in [-0.1, -0.05) is 18.2 Å². The fourth-order valence-corrected chi connectivity index (χ4v) is 2.67. The Balaban J connectivity index is 0.00000161. The summed E-state index contributed by atoms with van der Waals surface area (Å²) in [5, 5.41) is 0.858. The van der Waals surface area contributed by atoms with E-state index in [0.29, 0.717) is 13.1 Å². The lowest BCUT2D eigenvalue weighted by atomic mass is 10.1. The number of piperidine rings is 1. The Morgan fingerprint density at radius 1 is 1.33 bits per heavy atom. The first-order valence-electron chi connectivity index (χ1n) is 6.82. The van der Waals surface area contributed by atoms with E-state index in [1.165, 1.54) is 0 Å². The van der Waals surface area contributed by atoms with Crippen LogP contribution in [0.25, 0.3) is 10.9 Å². The first-order valence-corrected chi connectivity index (χ1v) is 6.82. The van der Waals surface area contributed by atoms with Gasteiger partial charge in [0, 0.05) is 24.6 Å². The van der Waals surface area contributed by atoms with Gasteiger partial charge in [0.1, 0.15) is 5.56 Å². The van der Waals surface area contributed by atoms with Gasteiger partial charge in [-0.15, -0.1) is 12.4 Å². The van der Waals surface area contributed by atoms with Crippen molar-refractivity contribution in [1.82, 2.24) is 9.88 Å². The highest BCUT2D eigenvalue weighted by molar-refractivity contribution is 5.97. The third-order valence-electron chi connectivity index (χ3n) is 3.73. The molecule has 5 nitrogen and oxygen atoms in total. The number of para-hydroxylation sites is 1. The first-order chi connectivity index (χ1) is 9.65. The molecule has 0 spiro atoms. The van der Waals surface area contributed by atoms with Crippen molar-refractivity contribution in [3.05, 3.63) is 46.2 Å². The molecule has 21 heavy (non-hydrogen) atoms. The van der Waals surface area contributed by atoms with Crippen molar-refractivity contribution in [1.29, 1.82) is 0 Å². The molecule has 1 aliphatic heterocycles. The van der Waals surface area contributed by atoms with Gasteiger partial charge < -0.3 is 15.6 Å². The van der Waals surface area contributed by atoms with Gasteiger partial charge in [-0.05, 0) is 30.4 Å². The number of aromatic nitrogens is 1. The number of carbonyl (C=O) groups is 1. The Bertz CT molecular complexity index is 713. The average molecular weight is 308 g/mol. The molecule has 0 radical (unpaired) electrons. The third kappa shape index (κ3) is 3.09. The SMILES string of the molecule is Cl.NC1CCCN(C(=O)c2cc3ccccc3[nH]c2=O)C1. The number of pyridine rings is 1. The fraction of sp³-hybridized carbons (Fsp3) is 0.333. The molecule has 1 amide bonds. The molecule has 1 unspecified atom stereocenters. The number of amides is 1. The van der Waals surface area contributed by atoms with Gasteiger partial charge in [-0.2, -0.15) is 0 Å². The van der Waals surface area contributed by atoms with E-state index in [0.717, 1.165) is 23.7 Å². The summed E-state index contributed by atoms with van der Waals surface area (Å²) in [4.78, 5) is 29.0.